The van der Waals surface area contributed by atoms with Gasteiger partial charge in [0.05, 0.1) is 12.7 Å². The molecule has 0 aromatic heterocycles. The number of amides is 2. The van der Waals surface area contributed by atoms with Crippen LogP contribution < -0.4 is 14.8 Å². The quantitative estimate of drug-likeness (QED) is 0.792. The number of nitrogens with one attached hydrogen (secondary N) is 1. The van der Waals surface area contributed by atoms with Crippen molar-refractivity contribution in [2.45, 2.75) is 44.2 Å². The van der Waals surface area contributed by atoms with Crippen LogP contribution in [0.25, 0.3) is 0 Å². The van der Waals surface area contributed by atoms with E-state index in [1.54, 1.807) is 25.3 Å². The highest BCUT2D eigenvalue weighted by Gasteiger charge is 2.57. The highest BCUT2D eigenvalue weighted by atomic mass is 16.5. The number of fused-ring (bicyclic) bond motifs is 3. The number of hydrogen-bond donors (Lipinski definition) is 2. The number of rotatable bonds is 3. The van der Waals surface area contributed by atoms with Gasteiger partial charge in [0, 0.05) is 44.0 Å². The number of ether oxygens (including phenoxy) is 2. The van der Waals surface area contributed by atoms with E-state index >= 15 is 0 Å². The molecule has 0 radical (unpaired) electrons. The molecule has 3 aliphatic carbocycles. The topological polar surface area (TPSA) is 88.1 Å². The summed E-state index contributed by atoms with van der Waals surface area (Å²) in [6.07, 6.45) is 5.29. The van der Waals surface area contributed by atoms with E-state index in [-0.39, 0.29) is 42.1 Å². The van der Waals surface area contributed by atoms with E-state index in [4.69, 9.17) is 9.47 Å². The Morgan fingerprint density at radius 3 is 2.97 bits per heavy atom. The van der Waals surface area contributed by atoms with Crippen molar-refractivity contribution < 1.29 is 24.2 Å². The Labute approximate surface area is 176 Å². The number of nitrogens with zero attached hydrogens (tertiary/aromatic N) is 1. The van der Waals surface area contributed by atoms with Gasteiger partial charge in [0.1, 0.15) is 11.5 Å². The fraction of sp³-hybridized carbons (Fsp3) is 0.652. The number of aliphatic hydroxyl groups excluding tert-OH is 1. The van der Waals surface area contributed by atoms with Crippen LogP contribution in [0.15, 0.2) is 18.2 Å². The Morgan fingerprint density at radius 1 is 1.37 bits per heavy atom. The van der Waals surface area contributed by atoms with E-state index in [9.17, 15) is 14.7 Å². The van der Waals surface area contributed by atoms with Gasteiger partial charge in [0.2, 0.25) is 5.91 Å². The third-order valence-corrected chi connectivity index (χ3v) is 7.67. The summed E-state index contributed by atoms with van der Waals surface area (Å²) in [5.74, 6) is 1.83. The molecular formula is C23H30N2O5. The monoisotopic (exact) mass is 414 g/mol. The standard InChI is InChI=1S/C23H30N2O5/c1-29-17-6-7-18-20(10-17)30-23(24-21(18)27)11-15-4-5-16(23)9-19(15)22(28)25-8-2-3-14(12-25)13-26/h6-7,10,14-16,19,26H,2-5,8-9,11-13H2,1H3,(H,24,27)/t14-,15-,16+,19-,23+/m1/s1. The molecule has 1 aromatic carbocycles. The number of aliphatic hydroxyl groups is 1. The Bertz CT molecular complexity index is 858. The van der Waals surface area contributed by atoms with E-state index in [0.717, 1.165) is 38.6 Å². The maximum atomic E-state index is 13.3. The highest BCUT2D eigenvalue weighted by Crippen LogP contribution is 2.53. The molecule has 2 heterocycles. The number of carbonyl (C=O) groups is 2. The molecule has 2 aliphatic heterocycles. The second kappa shape index (κ2) is 7.45. The molecule has 162 valence electrons. The van der Waals surface area contributed by atoms with Gasteiger partial charge in [0.25, 0.3) is 5.91 Å². The van der Waals surface area contributed by atoms with Crippen LogP contribution in [-0.2, 0) is 4.79 Å². The van der Waals surface area contributed by atoms with Gasteiger partial charge in [-0.15, -0.1) is 0 Å². The van der Waals surface area contributed by atoms with Gasteiger partial charge in [-0.1, -0.05) is 0 Å². The molecule has 3 saturated carbocycles. The van der Waals surface area contributed by atoms with Crippen molar-refractivity contribution in [2.75, 3.05) is 26.8 Å². The third kappa shape index (κ3) is 3.14. The Balaban J connectivity index is 1.35. The molecule has 2 N–H and O–H groups in total. The minimum absolute atomic E-state index is 0.0148. The predicted molar refractivity (Wildman–Crippen MR) is 109 cm³/mol. The van der Waals surface area contributed by atoms with Crippen LogP contribution in [0.5, 0.6) is 11.5 Å². The average Bonchev–Trinajstić information content (AvgIpc) is 2.78. The summed E-state index contributed by atoms with van der Waals surface area (Å²) >= 11 is 0. The van der Waals surface area contributed by atoms with Crippen LogP contribution in [0.4, 0.5) is 0 Å². The van der Waals surface area contributed by atoms with Gasteiger partial charge in [-0.05, 0) is 56.1 Å². The molecule has 2 amide bonds. The molecular weight excluding hydrogens is 384 g/mol. The number of hydrogen-bond acceptors (Lipinski definition) is 5. The zero-order chi connectivity index (χ0) is 20.9. The lowest BCUT2D eigenvalue weighted by molar-refractivity contribution is -0.157. The molecule has 1 aromatic rings. The maximum Gasteiger partial charge on any atom is 0.258 e. The molecule has 2 bridgehead atoms. The van der Waals surface area contributed by atoms with Crippen molar-refractivity contribution >= 4 is 11.8 Å². The van der Waals surface area contributed by atoms with Gasteiger partial charge in [0.15, 0.2) is 5.72 Å². The normalized spacial score (nSPS) is 34.9. The second-order valence-corrected chi connectivity index (χ2v) is 9.36. The minimum Gasteiger partial charge on any atom is -0.497 e. The molecule has 7 nitrogen and oxygen atoms in total. The molecule has 5 aliphatic rings. The van der Waals surface area contributed by atoms with Gasteiger partial charge >= 0.3 is 0 Å². The first kappa shape index (κ1) is 19.7. The zero-order valence-electron chi connectivity index (χ0n) is 17.4. The summed E-state index contributed by atoms with van der Waals surface area (Å²) in [5.41, 5.74) is -0.204. The summed E-state index contributed by atoms with van der Waals surface area (Å²) in [6, 6.07) is 5.28. The fourth-order valence-electron chi connectivity index (χ4n) is 6.07. The largest absolute Gasteiger partial charge is 0.497 e. The van der Waals surface area contributed by atoms with Crippen molar-refractivity contribution in [3.05, 3.63) is 23.8 Å². The zero-order valence-corrected chi connectivity index (χ0v) is 17.4. The Morgan fingerprint density at radius 2 is 2.23 bits per heavy atom. The van der Waals surface area contributed by atoms with Crippen LogP contribution in [0, 0.1) is 23.7 Å². The summed E-state index contributed by atoms with van der Waals surface area (Å²) in [4.78, 5) is 28.1. The van der Waals surface area contributed by atoms with Crippen molar-refractivity contribution in [3.8, 4) is 11.5 Å². The molecule has 5 atom stereocenters. The van der Waals surface area contributed by atoms with Crippen molar-refractivity contribution in [2.24, 2.45) is 23.7 Å². The molecule has 7 heteroatoms. The van der Waals surface area contributed by atoms with E-state index in [2.05, 4.69) is 5.32 Å². The lowest BCUT2D eigenvalue weighted by atomic mass is 9.59. The van der Waals surface area contributed by atoms with E-state index in [1.165, 1.54) is 0 Å². The SMILES string of the molecule is COc1ccc2c(c1)O[C@]1(C[C@H]3CC[C@H]1C[C@H]3C(=O)N1CCC[C@@H](CO)C1)NC2=O. The fourth-order valence-corrected chi connectivity index (χ4v) is 6.07. The second-order valence-electron chi connectivity index (χ2n) is 9.36. The number of piperidine rings is 1. The summed E-state index contributed by atoms with van der Waals surface area (Å²) in [6.45, 7) is 1.59. The number of carbonyl (C=O) groups excluding carboxylic acids is 2. The van der Waals surface area contributed by atoms with Crippen molar-refractivity contribution in [3.63, 3.8) is 0 Å². The van der Waals surface area contributed by atoms with E-state index in [1.807, 2.05) is 4.90 Å². The van der Waals surface area contributed by atoms with E-state index in [0.29, 0.717) is 30.0 Å². The van der Waals surface area contributed by atoms with Crippen LogP contribution in [0.2, 0.25) is 0 Å². The first-order chi connectivity index (χ1) is 14.5. The summed E-state index contributed by atoms with van der Waals surface area (Å²) in [7, 11) is 1.60. The van der Waals surface area contributed by atoms with Crippen LogP contribution >= 0.6 is 0 Å². The molecule has 4 fully saturated rings. The van der Waals surface area contributed by atoms with Crippen molar-refractivity contribution in [1.82, 2.24) is 10.2 Å². The van der Waals surface area contributed by atoms with Crippen LogP contribution in [0.1, 0.15) is 48.9 Å². The minimum atomic E-state index is -0.730. The van der Waals surface area contributed by atoms with Gasteiger partial charge < -0.3 is 24.8 Å². The van der Waals surface area contributed by atoms with Crippen molar-refractivity contribution in [1.29, 1.82) is 0 Å². The predicted octanol–water partition coefficient (Wildman–Crippen LogP) is 2.18. The number of methoxy groups -OCH3 is 1. The summed E-state index contributed by atoms with van der Waals surface area (Å²) < 4.78 is 11.8. The lowest BCUT2D eigenvalue weighted by Crippen LogP contribution is -2.67. The molecule has 1 saturated heterocycles. The molecule has 1 spiro atoms. The first-order valence-corrected chi connectivity index (χ1v) is 11.1. The lowest BCUT2D eigenvalue weighted by Gasteiger charge is -2.55. The Hall–Kier alpha value is -2.28. The van der Waals surface area contributed by atoms with Gasteiger partial charge in [-0.25, -0.2) is 0 Å². The number of benzene rings is 1. The summed E-state index contributed by atoms with van der Waals surface area (Å²) in [5, 5.41) is 12.7. The first-order valence-electron chi connectivity index (χ1n) is 11.1. The molecule has 30 heavy (non-hydrogen) atoms. The number of likely N-dealkylation sites (tertiary alicyclic amines) is 1. The smallest absolute Gasteiger partial charge is 0.258 e. The van der Waals surface area contributed by atoms with Gasteiger partial charge in [-0.3, -0.25) is 9.59 Å². The molecule has 6 rings (SSSR count). The highest BCUT2D eigenvalue weighted by molar-refractivity contribution is 5.98. The average molecular weight is 415 g/mol. The third-order valence-electron chi connectivity index (χ3n) is 7.67. The van der Waals surface area contributed by atoms with Crippen LogP contribution in [0.3, 0.4) is 0 Å². The Kier molecular flexibility index (Phi) is 4.88. The van der Waals surface area contributed by atoms with Crippen LogP contribution in [-0.4, -0.2) is 54.4 Å². The maximum absolute atomic E-state index is 13.3. The van der Waals surface area contributed by atoms with Gasteiger partial charge in [-0.2, -0.15) is 0 Å². The van der Waals surface area contributed by atoms with E-state index < -0.39 is 5.72 Å². The molecule has 0 unspecified atom stereocenters.